The second kappa shape index (κ2) is 7.74. The van der Waals surface area contributed by atoms with E-state index in [4.69, 9.17) is 0 Å². The third kappa shape index (κ3) is 4.58. The molecule has 0 aromatic heterocycles. The van der Waals surface area contributed by atoms with Gasteiger partial charge in [0.05, 0.1) is 13.5 Å². The molecular formula is C14H28N2O2. The van der Waals surface area contributed by atoms with Gasteiger partial charge in [-0.15, -0.1) is 0 Å². The molecule has 4 heteroatoms. The monoisotopic (exact) mass is 256 g/mol. The Hall–Kier alpha value is -0.610. The molecule has 1 saturated heterocycles. The first kappa shape index (κ1) is 15.4. The lowest BCUT2D eigenvalue weighted by Crippen LogP contribution is -2.43. The fraction of sp³-hybridized carbons (Fsp3) is 0.929. The number of esters is 1. The average molecular weight is 256 g/mol. The van der Waals surface area contributed by atoms with E-state index < -0.39 is 0 Å². The Morgan fingerprint density at radius 2 is 2.28 bits per heavy atom. The third-order valence-electron chi connectivity index (χ3n) is 4.03. The van der Waals surface area contributed by atoms with Gasteiger partial charge >= 0.3 is 5.97 Å². The van der Waals surface area contributed by atoms with Crippen molar-refractivity contribution in [3.8, 4) is 0 Å². The number of hydrogen-bond donors (Lipinski definition) is 0. The van der Waals surface area contributed by atoms with Crippen molar-refractivity contribution in [3.63, 3.8) is 0 Å². The zero-order valence-corrected chi connectivity index (χ0v) is 12.3. The maximum atomic E-state index is 11.1. The molecule has 1 unspecified atom stereocenters. The van der Waals surface area contributed by atoms with Gasteiger partial charge in [0.1, 0.15) is 0 Å². The highest BCUT2D eigenvalue weighted by molar-refractivity contribution is 5.69. The van der Waals surface area contributed by atoms with Gasteiger partial charge in [-0.05, 0) is 39.8 Å². The minimum atomic E-state index is -0.118. The van der Waals surface area contributed by atoms with Crippen LogP contribution in [0.3, 0.4) is 0 Å². The van der Waals surface area contributed by atoms with Gasteiger partial charge in [0, 0.05) is 25.2 Å². The molecule has 0 radical (unpaired) electrons. The number of rotatable bonds is 7. The average Bonchev–Trinajstić information content (AvgIpc) is 2.82. The van der Waals surface area contributed by atoms with E-state index in [0.29, 0.717) is 18.5 Å². The first-order valence-corrected chi connectivity index (χ1v) is 7.09. The van der Waals surface area contributed by atoms with Crippen LogP contribution in [-0.2, 0) is 9.53 Å². The highest BCUT2D eigenvalue weighted by Gasteiger charge is 2.28. The topological polar surface area (TPSA) is 32.8 Å². The van der Waals surface area contributed by atoms with Crippen molar-refractivity contribution in [1.29, 1.82) is 0 Å². The molecule has 0 saturated carbocycles. The molecule has 1 heterocycles. The van der Waals surface area contributed by atoms with Crippen molar-refractivity contribution in [2.24, 2.45) is 0 Å². The van der Waals surface area contributed by atoms with Gasteiger partial charge in [0.15, 0.2) is 0 Å². The molecule has 2 atom stereocenters. The number of nitrogens with zero attached hydrogens (tertiary/aromatic N) is 2. The molecule has 1 aliphatic heterocycles. The van der Waals surface area contributed by atoms with E-state index in [1.54, 1.807) is 0 Å². The molecule has 0 aliphatic carbocycles. The number of likely N-dealkylation sites (N-methyl/N-ethyl adjacent to an activating group) is 1. The molecule has 18 heavy (non-hydrogen) atoms. The summed E-state index contributed by atoms with van der Waals surface area (Å²) in [5, 5.41) is 0. The fourth-order valence-corrected chi connectivity index (χ4v) is 2.70. The van der Waals surface area contributed by atoms with Crippen LogP contribution in [0.2, 0.25) is 0 Å². The van der Waals surface area contributed by atoms with Crippen LogP contribution in [0.25, 0.3) is 0 Å². The van der Waals surface area contributed by atoms with Gasteiger partial charge < -0.3 is 9.64 Å². The second-order valence-corrected chi connectivity index (χ2v) is 5.38. The van der Waals surface area contributed by atoms with Crippen molar-refractivity contribution < 1.29 is 9.53 Å². The van der Waals surface area contributed by atoms with Crippen LogP contribution in [0.15, 0.2) is 0 Å². The van der Waals surface area contributed by atoms with Crippen LogP contribution < -0.4 is 0 Å². The van der Waals surface area contributed by atoms with E-state index in [0.717, 1.165) is 13.1 Å². The Labute approximate surface area is 111 Å². The summed E-state index contributed by atoms with van der Waals surface area (Å²) in [6, 6.07) is 1.33. The summed E-state index contributed by atoms with van der Waals surface area (Å²) >= 11 is 0. The van der Waals surface area contributed by atoms with Crippen LogP contribution in [0.5, 0.6) is 0 Å². The van der Waals surface area contributed by atoms with Crippen LogP contribution >= 0.6 is 0 Å². The van der Waals surface area contributed by atoms with Crippen LogP contribution in [0.1, 0.15) is 39.5 Å². The first-order chi connectivity index (χ1) is 8.58. The molecule has 106 valence electrons. The summed E-state index contributed by atoms with van der Waals surface area (Å²) in [7, 11) is 3.54. The Bertz CT molecular complexity index is 258. The van der Waals surface area contributed by atoms with Gasteiger partial charge in [0.25, 0.3) is 0 Å². The van der Waals surface area contributed by atoms with Gasteiger partial charge in [-0.3, -0.25) is 9.69 Å². The minimum absolute atomic E-state index is 0.118. The highest BCUT2D eigenvalue weighted by atomic mass is 16.5. The number of carbonyl (C=O) groups is 1. The molecule has 0 bridgehead atoms. The zero-order valence-electron chi connectivity index (χ0n) is 12.3. The number of carbonyl (C=O) groups excluding carboxylic acids is 1. The van der Waals surface area contributed by atoms with E-state index in [1.165, 1.54) is 32.9 Å². The van der Waals surface area contributed by atoms with Gasteiger partial charge in [0.2, 0.25) is 0 Å². The van der Waals surface area contributed by atoms with Crippen molar-refractivity contribution in [2.75, 3.05) is 33.8 Å². The maximum absolute atomic E-state index is 11.1. The van der Waals surface area contributed by atoms with E-state index in [2.05, 4.69) is 35.4 Å². The summed E-state index contributed by atoms with van der Waals surface area (Å²) in [4.78, 5) is 16.0. The standard InChI is InChI=1S/C14H28N2O2/c1-5-12(2)16-9-6-7-13(16)11-15(3)10-8-14(17)18-4/h12-13H,5-11H2,1-4H3/t12?,13-/m0/s1. The smallest absolute Gasteiger partial charge is 0.306 e. The molecule has 1 rings (SSSR count). The molecule has 1 fully saturated rings. The highest BCUT2D eigenvalue weighted by Crippen LogP contribution is 2.21. The first-order valence-electron chi connectivity index (χ1n) is 7.09. The zero-order chi connectivity index (χ0) is 13.5. The molecule has 0 amide bonds. The lowest BCUT2D eigenvalue weighted by atomic mass is 10.1. The lowest BCUT2D eigenvalue weighted by Gasteiger charge is -2.32. The van der Waals surface area contributed by atoms with E-state index in [-0.39, 0.29) is 5.97 Å². The predicted molar refractivity (Wildman–Crippen MR) is 73.6 cm³/mol. The quantitative estimate of drug-likeness (QED) is 0.650. The second-order valence-electron chi connectivity index (χ2n) is 5.38. The fourth-order valence-electron chi connectivity index (χ4n) is 2.70. The summed E-state index contributed by atoms with van der Waals surface area (Å²) in [5.74, 6) is -0.118. The third-order valence-corrected chi connectivity index (χ3v) is 4.03. The van der Waals surface area contributed by atoms with E-state index in [9.17, 15) is 4.79 Å². The summed E-state index contributed by atoms with van der Waals surface area (Å²) in [5.41, 5.74) is 0. The molecule has 0 spiro atoms. The van der Waals surface area contributed by atoms with Crippen molar-refractivity contribution in [1.82, 2.24) is 9.80 Å². The van der Waals surface area contributed by atoms with Crippen molar-refractivity contribution in [2.45, 2.75) is 51.6 Å². The number of methoxy groups -OCH3 is 1. The maximum Gasteiger partial charge on any atom is 0.306 e. The van der Waals surface area contributed by atoms with Crippen LogP contribution in [0, 0.1) is 0 Å². The van der Waals surface area contributed by atoms with Gasteiger partial charge in [-0.1, -0.05) is 6.92 Å². The Morgan fingerprint density at radius 1 is 1.56 bits per heavy atom. The lowest BCUT2D eigenvalue weighted by molar-refractivity contribution is -0.140. The molecule has 1 aliphatic rings. The largest absolute Gasteiger partial charge is 0.469 e. The Morgan fingerprint density at radius 3 is 2.89 bits per heavy atom. The van der Waals surface area contributed by atoms with Gasteiger partial charge in [-0.25, -0.2) is 0 Å². The van der Waals surface area contributed by atoms with Crippen LogP contribution in [-0.4, -0.2) is 61.6 Å². The molecule has 0 N–H and O–H groups in total. The molecule has 4 nitrogen and oxygen atoms in total. The molecule has 0 aromatic rings. The SMILES string of the molecule is CCC(C)N1CCC[C@H]1CN(C)CCC(=O)OC. The molecular weight excluding hydrogens is 228 g/mol. The Kier molecular flexibility index (Phi) is 6.65. The summed E-state index contributed by atoms with van der Waals surface area (Å²) < 4.78 is 4.67. The van der Waals surface area contributed by atoms with Crippen molar-refractivity contribution in [3.05, 3.63) is 0 Å². The normalized spacial score (nSPS) is 22.4. The summed E-state index contributed by atoms with van der Waals surface area (Å²) in [6.45, 7) is 7.64. The predicted octanol–water partition coefficient (Wildman–Crippen LogP) is 1.74. The van der Waals surface area contributed by atoms with Crippen LogP contribution in [0.4, 0.5) is 0 Å². The number of ether oxygens (including phenoxy) is 1. The minimum Gasteiger partial charge on any atom is -0.469 e. The van der Waals surface area contributed by atoms with E-state index in [1.807, 2.05) is 0 Å². The summed E-state index contributed by atoms with van der Waals surface area (Å²) in [6.07, 6.45) is 4.29. The number of hydrogen-bond acceptors (Lipinski definition) is 4. The molecule has 0 aromatic carbocycles. The number of likely N-dealkylation sites (tertiary alicyclic amines) is 1. The Balaban J connectivity index is 2.34. The van der Waals surface area contributed by atoms with Crippen molar-refractivity contribution >= 4 is 5.97 Å². The van der Waals surface area contributed by atoms with E-state index >= 15 is 0 Å². The van der Waals surface area contributed by atoms with Gasteiger partial charge in [-0.2, -0.15) is 0 Å².